The Bertz CT molecular complexity index is 1050. The lowest BCUT2D eigenvalue weighted by Crippen LogP contribution is -2.50. The number of nitrogens with zero attached hydrogens (tertiary/aromatic N) is 3. The van der Waals surface area contributed by atoms with Gasteiger partial charge in [0, 0.05) is 42.9 Å². The van der Waals surface area contributed by atoms with Crippen LogP contribution in [-0.4, -0.2) is 78.2 Å². The number of hydrogen-bond acceptors (Lipinski definition) is 7. The molecule has 0 aromatic carbocycles. The molecule has 0 bridgehead atoms. The van der Waals surface area contributed by atoms with Crippen molar-refractivity contribution in [1.82, 2.24) is 15.2 Å². The number of pyridine rings is 1. The number of aliphatic hydroxyl groups is 1. The van der Waals surface area contributed by atoms with Crippen LogP contribution in [0.1, 0.15) is 18.9 Å². The summed E-state index contributed by atoms with van der Waals surface area (Å²) in [6.45, 7) is 3.77. The summed E-state index contributed by atoms with van der Waals surface area (Å²) in [5.41, 5.74) is -2.10. The number of halogens is 6. The Morgan fingerprint density at radius 1 is 1.19 bits per heavy atom. The molecule has 4 atom stereocenters. The van der Waals surface area contributed by atoms with Gasteiger partial charge in [-0.2, -0.15) is 26.3 Å². The van der Waals surface area contributed by atoms with Crippen LogP contribution in [0.3, 0.4) is 0 Å². The molecule has 37 heavy (non-hydrogen) atoms. The molecule has 204 valence electrons. The Hall–Kier alpha value is -2.84. The fourth-order valence-corrected chi connectivity index (χ4v) is 4.72. The van der Waals surface area contributed by atoms with E-state index in [0.29, 0.717) is 43.8 Å². The molecule has 1 aromatic rings. The van der Waals surface area contributed by atoms with Gasteiger partial charge < -0.3 is 19.5 Å². The van der Waals surface area contributed by atoms with Crippen molar-refractivity contribution in [3.05, 3.63) is 47.2 Å². The van der Waals surface area contributed by atoms with Gasteiger partial charge in [-0.25, -0.2) is 9.78 Å². The number of alkyl halides is 6. The van der Waals surface area contributed by atoms with E-state index in [1.807, 2.05) is 4.90 Å². The largest absolute Gasteiger partial charge is 0.443 e. The molecule has 8 nitrogen and oxygen atoms in total. The van der Waals surface area contributed by atoms with Gasteiger partial charge in [0.25, 0.3) is 0 Å². The zero-order chi connectivity index (χ0) is 27.0. The van der Waals surface area contributed by atoms with Gasteiger partial charge >= 0.3 is 18.4 Å². The molecule has 1 aromatic heterocycles. The molecule has 0 saturated carbocycles. The lowest BCUT2D eigenvalue weighted by Gasteiger charge is -2.32. The Labute approximate surface area is 208 Å². The second kappa shape index (κ2) is 10.5. The third kappa shape index (κ3) is 6.02. The van der Waals surface area contributed by atoms with Crippen molar-refractivity contribution in [3.8, 4) is 0 Å². The monoisotopic (exact) mass is 536 g/mol. The summed E-state index contributed by atoms with van der Waals surface area (Å²) in [5, 5.41) is 13.5. The number of nitrogens with one attached hydrogen (secondary N) is 1. The molecular formula is C23H26F6N4O4. The number of carbonyl (C=O) groups is 1. The van der Waals surface area contributed by atoms with Crippen molar-refractivity contribution >= 4 is 11.9 Å². The quantitative estimate of drug-likeness (QED) is 0.425. The molecule has 1 aliphatic carbocycles. The van der Waals surface area contributed by atoms with Crippen LogP contribution < -0.4 is 10.2 Å². The van der Waals surface area contributed by atoms with Gasteiger partial charge in [0.2, 0.25) is 0 Å². The summed E-state index contributed by atoms with van der Waals surface area (Å²) in [5.74, 6) is -0.723. The van der Waals surface area contributed by atoms with Crippen LogP contribution in [0.25, 0.3) is 0 Å². The number of anilines is 1. The van der Waals surface area contributed by atoms with E-state index in [1.165, 1.54) is 6.92 Å². The summed E-state index contributed by atoms with van der Waals surface area (Å²) in [4.78, 5) is 19.8. The highest BCUT2D eigenvalue weighted by Gasteiger charge is 2.49. The van der Waals surface area contributed by atoms with Crippen molar-refractivity contribution < 1.29 is 45.7 Å². The molecule has 14 heteroatoms. The van der Waals surface area contributed by atoms with E-state index in [2.05, 4.69) is 10.3 Å². The van der Waals surface area contributed by atoms with E-state index < -0.39 is 60.4 Å². The maximum absolute atomic E-state index is 13.3. The van der Waals surface area contributed by atoms with Gasteiger partial charge in [-0.1, -0.05) is 12.1 Å². The molecule has 2 saturated heterocycles. The number of rotatable bonds is 6. The number of allylic oxidation sites excluding steroid dienone is 3. The van der Waals surface area contributed by atoms with Crippen LogP contribution in [0.5, 0.6) is 0 Å². The predicted octanol–water partition coefficient (Wildman–Crippen LogP) is 3.49. The molecule has 4 rings (SSSR count). The minimum Gasteiger partial charge on any atom is -0.443 e. The summed E-state index contributed by atoms with van der Waals surface area (Å²) in [7, 11) is 0. The van der Waals surface area contributed by atoms with Crippen molar-refractivity contribution in [2.75, 3.05) is 31.2 Å². The molecule has 1 amide bonds. The van der Waals surface area contributed by atoms with Gasteiger partial charge in [0.05, 0.1) is 24.8 Å². The number of aromatic nitrogens is 1. The summed E-state index contributed by atoms with van der Waals surface area (Å²) >= 11 is 0. The maximum Gasteiger partial charge on any atom is 0.416 e. The first-order valence-corrected chi connectivity index (χ1v) is 11.6. The first kappa shape index (κ1) is 27.2. The zero-order valence-electron chi connectivity index (χ0n) is 19.7. The highest BCUT2D eigenvalue weighted by molar-refractivity contribution is 5.71. The summed E-state index contributed by atoms with van der Waals surface area (Å²) in [6.07, 6.45) is -12.4. The summed E-state index contributed by atoms with van der Waals surface area (Å²) in [6, 6.07) is 2.46. The van der Waals surface area contributed by atoms with E-state index in [9.17, 15) is 36.2 Å². The number of hydrogen-bond donors (Lipinski definition) is 2. The Kier molecular flexibility index (Phi) is 7.72. The van der Waals surface area contributed by atoms with Crippen LogP contribution in [0, 0.1) is 5.92 Å². The zero-order valence-corrected chi connectivity index (χ0v) is 19.7. The van der Waals surface area contributed by atoms with Gasteiger partial charge in [0.1, 0.15) is 11.9 Å². The van der Waals surface area contributed by atoms with E-state index in [4.69, 9.17) is 9.47 Å². The topological polar surface area (TPSA) is 87.2 Å². The minimum absolute atomic E-state index is 0.0748. The molecule has 3 heterocycles. The minimum atomic E-state index is -5.01. The van der Waals surface area contributed by atoms with Gasteiger partial charge in [0.15, 0.2) is 6.35 Å². The average molecular weight is 536 g/mol. The SMILES string of the molecule is C[C@H]1[C@@H](C2C=C(C(F)(F)F)C=C(C(F)(F)F)C2)OC(=O)N1C(O)NCc1cccnc1N1CCOCC1. The number of aliphatic hydroxyl groups excluding tert-OH is 1. The predicted molar refractivity (Wildman–Crippen MR) is 118 cm³/mol. The number of ether oxygens (including phenoxy) is 2. The summed E-state index contributed by atoms with van der Waals surface area (Å²) < 4.78 is 90.4. The van der Waals surface area contributed by atoms with Gasteiger partial charge in [-0.15, -0.1) is 0 Å². The fraction of sp³-hybridized carbons (Fsp3) is 0.565. The molecule has 0 radical (unpaired) electrons. The number of amides is 1. The second-order valence-corrected chi connectivity index (χ2v) is 8.99. The molecule has 2 unspecified atom stereocenters. The van der Waals surface area contributed by atoms with Crippen LogP contribution in [0.15, 0.2) is 41.6 Å². The first-order valence-electron chi connectivity index (χ1n) is 11.6. The number of cyclic esters (lactones) is 1. The lowest BCUT2D eigenvalue weighted by atomic mass is 9.84. The molecule has 2 N–H and O–H groups in total. The lowest BCUT2D eigenvalue weighted by molar-refractivity contribution is -0.101. The van der Waals surface area contributed by atoms with Gasteiger partial charge in [-0.05, 0) is 25.5 Å². The highest BCUT2D eigenvalue weighted by atomic mass is 19.4. The standard InChI is InChI=1S/C23H26F6N4O4/c1-13-18(15-9-16(22(24,25)26)11-17(10-15)23(27,28)29)37-21(35)33(13)20(34)31-12-14-3-2-4-30-19(14)32-5-7-36-8-6-32/h2-4,9,11,13,15,18,20,31,34H,5-8,10,12H2,1H3/t13-,15?,18-,20?/m0/s1. The van der Waals surface area contributed by atoms with Crippen molar-refractivity contribution in [1.29, 1.82) is 0 Å². The third-order valence-electron chi connectivity index (χ3n) is 6.57. The Morgan fingerprint density at radius 3 is 2.54 bits per heavy atom. The van der Waals surface area contributed by atoms with Crippen molar-refractivity contribution in [2.45, 2.75) is 50.7 Å². The second-order valence-electron chi connectivity index (χ2n) is 8.99. The van der Waals surface area contributed by atoms with E-state index in [0.717, 1.165) is 4.90 Å². The Morgan fingerprint density at radius 2 is 1.89 bits per heavy atom. The molecular weight excluding hydrogens is 510 g/mol. The van der Waals surface area contributed by atoms with Crippen LogP contribution in [0.4, 0.5) is 37.0 Å². The highest BCUT2D eigenvalue weighted by Crippen LogP contribution is 2.43. The van der Waals surface area contributed by atoms with Crippen molar-refractivity contribution in [3.63, 3.8) is 0 Å². The van der Waals surface area contributed by atoms with Crippen LogP contribution >= 0.6 is 0 Å². The van der Waals surface area contributed by atoms with Crippen LogP contribution in [-0.2, 0) is 16.0 Å². The van der Waals surface area contributed by atoms with E-state index >= 15 is 0 Å². The van der Waals surface area contributed by atoms with Crippen LogP contribution in [0.2, 0.25) is 0 Å². The van der Waals surface area contributed by atoms with Gasteiger partial charge in [-0.3, -0.25) is 10.2 Å². The van der Waals surface area contributed by atoms with E-state index in [-0.39, 0.29) is 12.6 Å². The molecule has 3 aliphatic rings. The van der Waals surface area contributed by atoms with Crippen molar-refractivity contribution in [2.24, 2.45) is 5.92 Å². The Balaban J connectivity index is 1.47. The molecule has 2 aliphatic heterocycles. The number of morpholine rings is 1. The maximum atomic E-state index is 13.3. The average Bonchev–Trinajstić information content (AvgIpc) is 3.15. The fourth-order valence-electron chi connectivity index (χ4n) is 4.72. The third-order valence-corrected chi connectivity index (χ3v) is 6.57. The molecule has 0 spiro atoms. The number of carbonyl (C=O) groups excluding carboxylic acids is 1. The molecule has 2 fully saturated rings. The van der Waals surface area contributed by atoms with E-state index in [1.54, 1.807) is 18.3 Å². The first-order chi connectivity index (χ1) is 17.4. The smallest absolute Gasteiger partial charge is 0.416 e. The normalized spacial score (nSPS) is 26.1.